The summed E-state index contributed by atoms with van der Waals surface area (Å²) in [5.41, 5.74) is 2.32. The fourth-order valence-electron chi connectivity index (χ4n) is 3.31. The standard InChI is InChI=1S/C19H26FN2/c20-19-9-7-17(8-10-19)18(15-21-11-3-1-4-12-21)16-22-13-5-2-6-14-22/h7-10,15-16H,1-6,11-14H2/q+1. The van der Waals surface area contributed by atoms with Crippen molar-refractivity contribution < 1.29 is 8.97 Å². The van der Waals surface area contributed by atoms with Gasteiger partial charge in [-0.3, -0.25) is 0 Å². The van der Waals surface area contributed by atoms with Crippen LogP contribution in [0.1, 0.15) is 44.1 Å². The first kappa shape index (κ1) is 15.3. The molecule has 2 saturated heterocycles. The average Bonchev–Trinajstić information content (AvgIpc) is 2.57. The minimum Gasteiger partial charge on any atom is -0.377 e. The van der Waals surface area contributed by atoms with Crippen LogP contribution in [0.2, 0.25) is 0 Å². The molecule has 0 amide bonds. The van der Waals surface area contributed by atoms with Crippen LogP contribution in [0.3, 0.4) is 0 Å². The molecule has 0 saturated carbocycles. The lowest BCUT2D eigenvalue weighted by Crippen LogP contribution is -2.26. The summed E-state index contributed by atoms with van der Waals surface area (Å²) < 4.78 is 15.6. The molecule has 3 heteroatoms. The zero-order valence-electron chi connectivity index (χ0n) is 13.3. The number of nitrogens with zero attached hydrogens (tertiary/aromatic N) is 2. The Hall–Kier alpha value is -1.64. The number of likely N-dealkylation sites (tertiary alicyclic amines) is 1. The molecule has 0 aliphatic carbocycles. The summed E-state index contributed by atoms with van der Waals surface area (Å²) in [4.78, 5) is 2.42. The third kappa shape index (κ3) is 4.19. The SMILES string of the molecule is Fc1ccc(/C(C=[N+]2CCCCC2)=C\N2CCCCC2)cc1. The highest BCUT2D eigenvalue weighted by Crippen LogP contribution is 2.18. The molecular formula is C19H26FN2+. The molecule has 0 unspecified atom stereocenters. The largest absolute Gasteiger partial charge is 0.377 e. The second kappa shape index (κ2) is 7.57. The molecule has 0 atom stereocenters. The molecule has 2 heterocycles. The molecule has 0 aromatic heterocycles. The maximum Gasteiger partial charge on any atom is 0.172 e. The first-order valence-electron chi connectivity index (χ1n) is 8.62. The number of hydrogen-bond donors (Lipinski definition) is 0. The van der Waals surface area contributed by atoms with Gasteiger partial charge in [0.15, 0.2) is 6.21 Å². The predicted octanol–water partition coefficient (Wildman–Crippen LogP) is 3.92. The van der Waals surface area contributed by atoms with Crippen LogP contribution in [0, 0.1) is 5.82 Å². The van der Waals surface area contributed by atoms with Gasteiger partial charge in [-0.15, -0.1) is 0 Å². The van der Waals surface area contributed by atoms with Gasteiger partial charge >= 0.3 is 0 Å². The number of benzene rings is 1. The van der Waals surface area contributed by atoms with Crippen molar-refractivity contribution in [3.63, 3.8) is 0 Å². The Morgan fingerprint density at radius 1 is 0.909 bits per heavy atom. The van der Waals surface area contributed by atoms with Gasteiger partial charge in [-0.2, -0.15) is 0 Å². The lowest BCUT2D eigenvalue weighted by atomic mass is 10.1. The topological polar surface area (TPSA) is 6.25 Å². The Morgan fingerprint density at radius 3 is 2.23 bits per heavy atom. The van der Waals surface area contributed by atoms with E-state index >= 15 is 0 Å². The van der Waals surface area contributed by atoms with Crippen molar-refractivity contribution in [1.29, 1.82) is 0 Å². The van der Waals surface area contributed by atoms with Crippen LogP contribution >= 0.6 is 0 Å². The zero-order chi connectivity index (χ0) is 15.2. The Kier molecular flexibility index (Phi) is 5.25. The van der Waals surface area contributed by atoms with Gasteiger partial charge < -0.3 is 4.90 Å². The average molecular weight is 301 g/mol. The van der Waals surface area contributed by atoms with Gasteiger partial charge in [0.25, 0.3) is 0 Å². The van der Waals surface area contributed by atoms with Crippen molar-refractivity contribution in [1.82, 2.24) is 4.90 Å². The van der Waals surface area contributed by atoms with Crippen molar-refractivity contribution in [2.24, 2.45) is 0 Å². The fraction of sp³-hybridized carbons (Fsp3) is 0.526. The number of allylic oxidation sites excluding steroid dienone is 1. The molecule has 0 radical (unpaired) electrons. The summed E-state index contributed by atoms with van der Waals surface area (Å²) in [6.07, 6.45) is 12.3. The van der Waals surface area contributed by atoms with Crippen molar-refractivity contribution >= 4 is 11.8 Å². The van der Waals surface area contributed by atoms with Gasteiger partial charge in [-0.1, -0.05) is 12.1 Å². The van der Waals surface area contributed by atoms with Gasteiger partial charge in [-0.05, 0) is 43.4 Å². The van der Waals surface area contributed by atoms with Crippen LogP contribution in [-0.4, -0.2) is 41.9 Å². The summed E-state index contributed by atoms with van der Waals surface area (Å²) in [5.74, 6) is -0.168. The Bertz CT molecular complexity index is 531. The predicted molar refractivity (Wildman–Crippen MR) is 89.7 cm³/mol. The van der Waals surface area contributed by atoms with E-state index in [9.17, 15) is 4.39 Å². The number of halogens is 1. The van der Waals surface area contributed by atoms with E-state index in [1.165, 1.54) is 44.1 Å². The van der Waals surface area contributed by atoms with Crippen molar-refractivity contribution in [3.05, 3.63) is 41.8 Å². The minimum atomic E-state index is -0.168. The van der Waals surface area contributed by atoms with Crippen LogP contribution in [0.4, 0.5) is 4.39 Å². The highest BCUT2D eigenvalue weighted by Gasteiger charge is 2.14. The van der Waals surface area contributed by atoms with Gasteiger partial charge in [-0.25, -0.2) is 8.97 Å². The Labute approximate surface area is 133 Å². The maximum atomic E-state index is 13.2. The highest BCUT2D eigenvalue weighted by molar-refractivity contribution is 6.07. The van der Waals surface area contributed by atoms with E-state index in [1.54, 1.807) is 12.1 Å². The van der Waals surface area contributed by atoms with Crippen LogP contribution in [-0.2, 0) is 0 Å². The minimum absolute atomic E-state index is 0.168. The Morgan fingerprint density at radius 2 is 1.55 bits per heavy atom. The van der Waals surface area contributed by atoms with E-state index in [0.29, 0.717) is 0 Å². The van der Waals surface area contributed by atoms with Gasteiger partial charge in [0.2, 0.25) is 0 Å². The second-order valence-corrected chi connectivity index (χ2v) is 6.41. The second-order valence-electron chi connectivity index (χ2n) is 6.41. The van der Waals surface area contributed by atoms with E-state index in [0.717, 1.165) is 31.7 Å². The molecule has 118 valence electrons. The van der Waals surface area contributed by atoms with E-state index in [1.807, 2.05) is 12.1 Å². The molecular weight excluding hydrogens is 275 g/mol. The molecule has 2 aliphatic heterocycles. The monoisotopic (exact) mass is 301 g/mol. The van der Waals surface area contributed by atoms with Crippen LogP contribution in [0.5, 0.6) is 0 Å². The van der Waals surface area contributed by atoms with E-state index < -0.39 is 0 Å². The van der Waals surface area contributed by atoms with Crippen molar-refractivity contribution in [2.45, 2.75) is 38.5 Å². The molecule has 0 bridgehead atoms. The fourth-order valence-corrected chi connectivity index (χ4v) is 3.31. The molecule has 2 nitrogen and oxygen atoms in total. The number of rotatable bonds is 3. The molecule has 2 fully saturated rings. The van der Waals surface area contributed by atoms with Gasteiger partial charge in [0.1, 0.15) is 18.9 Å². The molecule has 1 aromatic carbocycles. The van der Waals surface area contributed by atoms with Crippen LogP contribution in [0.25, 0.3) is 5.57 Å². The van der Waals surface area contributed by atoms with E-state index in [4.69, 9.17) is 0 Å². The van der Waals surface area contributed by atoms with E-state index in [2.05, 4.69) is 21.9 Å². The molecule has 22 heavy (non-hydrogen) atoms. The van der Waals surface area contributed by atoms with Crippen molar-refractivity contribution in [3.8, 4) is 0 Å². The third-order valence-electron chi connectivity index (χ3n) is 4.60. The summed E-state index contributed by atoms with van der Waals surface area (Å²) in [6, 6.07) is 6.91. The quantitative estimate of drug-likeness (QED) is 0.767. The van der Waals surface area contributed by atoms with Gasteiger partial charge in [0.05, 0.1) is 5.57 Å². The van der Waals surface area contributed by atoms with Crippen LogP contribution in [0.15, 0.2) is 30.5 Å². The lowest BCUT2D eigenvalue weighted by molar-refractivity contribution is -0.531. The Balaban J connectivity index is 1.86. The number of piperidine rings is 2. The van der Waals surface area contributed by atoms with E-state index in [-0.39, 0.29) is 5.82 Å². The first-order chi connectivity index (χ1) is 10.8. The smallest absolute Gasteiger partial charge is 0.172 e. The molecule has 0 spiro atoms. The summed E-state index contributed by atoms with van der Waals surface area (Å²) in [6.45, 7) is 4.55. The van der Waals surface area contributed by atoms with Crippen LogP contribution < -0.4 is 0 Å². The normalized spacial score (nSPS) is 20.1. The van der Waals surface area contributed by atoms with Crippen molar-refractivity contribution in [2.75, 3.05) is 26.2 Å². The summed E-state index contributed by atoms with van der Waals surface area (Å²) >= 11 is 0. The van der Waals surface area contributed by atoms with Gasteiger partial charge in [0, 0.05) is 32.1 Å². The number of hydrogen-bond acceptors (Lipinski definition) is 1. The zero-order valence-corrected chi connectivity index (χ0v) is 13.3. The molecule has 1 aromatic rings. The molecule has 0 N–H and O–H groups in total. The third-order valence-corrected chi connectivity index (χ3v) is 4.60. The first-order valence-corrected chi connectivity index (χ1v) is 8.62. The maximum absolute atomic E-state index is 13.2. The summed E-state index contributed by atoms with van der Waals surface area (Å²) in [5, 5.41) is 0. The highest BCUT2D eigenvalue weighted by atomic mass is 19.1. The summed E-state index contributed by atoms with van der Waals surface area (Å²) in [7, 11) is 0. The molecule has 3 rings (SSSR count). The lowest BCUT2D eigenvalue weighted by Gasteiger charge is -2.25. The molecule has 2 aliphatic rings.